The van der Waals surface area contributed by atoms with E-state index in [0.717, 1.165) is 24.3 Å². The van der Waals surface area contributed by atoms with E-state index in [1.165, 1.54) is 30.3 Å². The van der Waals surface area contributed by atoms with Crippen LogP contribution in [-0.4, -0.2) is 47.8 Å². The van der Waals surface area contributed by atoms with Gasteiger partial charge in [0.2, 0.25) is 0 Å². The maximum Gasteiger partial charge on any atom is 0.304 e. The number of carbonyl (C=O) groups is 2. The highest BCUT2D eigenvalue weighted by Crippen LogP contribution is 2.40. The van der Waals surface area contributed by atoms with E-state index < -0.39 is 85.9 Å². The van der Waals surface area contributed by atoms with Gasteiger partial charge in [-0.05, 0) is 47.9 Å². The topological polar surface area (TPSA) is 236 Å². The first-order valence-corrected chi connectivity index (χ1v) is 13.7. The number of nitrogens with two attached hydrogens (primary N) is 1. The van der Waals surface area contributed by atoms with Gasteiger partial charge >= 0.3 is 5.69 Å². The molecule has 206 valence electrons. The fourth-order valence-corrected chi connectivity index (χ4v) is 5.04. The fraction of sp³-hybridized carbons (Fsp3) is 0. The van der Waals surface area contributed by atoms with Crippen molar-refractivity contribution >= 4 is 59.9 Å². The lowest BCUT2D eigenvalue weighted by Gasteiger charge is -2.24. The lowest BCUT2D eigenvalue weighted by Crippen LogP contribution is -2.37. The second-order valence-corrected chi connectivity index (χ2v) is 11.1. The molecule has 16 heteroatoms. The Morgan fingerprint density at radius 3 is 1.95 bits per heavy atom. The number of nitro groups is 1. The molecule has 0 fully saturated rings. The number of aromatic hydroxyl groups is 1. The van der Waals surface area contributed by atoms with Crippen molar-refractivity contribution in [2.24, 2.45) is 0 Å². The molecule has 0 aliphatic rings. The zero-order valence-corrected chi connectivity index (χ0v) is 21.5. The molecule has 4 rings (SSSR count). The number of fused-ring (bicyclic) bond motifs is 1. The third-order valence-electron chi connectivity index (χ3n) is 5.70. The van der Waals surface area contributed by atoms with Gasteiger partial charge in [0.1, 0.15) is 17.0 Å². The molecule has 5 N–H and O–H groups in total. The van der Waals surface area contributed by atoms with Crippen LogP contribution in [-0.2, 0) is 20.2 Å². The van der Waals surface area contributed by atoms with Gasteiger partial charge in [0.05, 0.1) is 20.4 Å². The van der Waals surface area contributed by atoms with Crippen LogP contribution in [0.25, 0.3) is 10.8 Å². The van der Waals surface area contributed by atoms with Crippen LogP contribution in [0.4, 0.5) is 17.1 Å². The summed E-state index contributed by atoms with van der Waals surface area (Å²) in [6.07, 6.45) is 0. The molecule has 0 atom stereocenters. The van der Waals surface area contributed by atoms with Crippen molar-refractivity contribution in [1.82, 2.24) is 0 Å². The minimum Gasteiger partial charge on any atom is -0.507 e. The number of hydrogen-bond acceptors (Lipinski definition) is 10. The normalized spacial score (nSPS) is 11.8. The Morgan fingerprint density at radius 2 is 1.40 bits per heavy atom. The van der Waals surface area contributed by atoms with Crippen molar-refractivity contribution in [2.45, 2.75) is 9.79 Å². The van der Waals surface area contributed by atoms with Crippen LogP contribution in [0.3, 0.4) is 0 Å². The Kier molecular flexibility index (Phi) is 7.03. The number of nitrogens with zero attached hydrogens (tertiary/aromatic N) is 2. The first-order chi connectivity index (χ1) is 18.6. The first-order valence-electron chi connectivity index (χ1n) is 10.8. The fourth-order valence-electron chi connectivity index (χ4n) is 3.97. The summed E-state index contributed by atoms with van der Waals surface area (Å²) in [5.74, 6) is -3.45. The van der Waals surface area contributed by atoms with Gasteiger partial charge in [-0.25, -0.2) is 4.90 Å². The largest absolute Gasteiger partial charge is 0.507 e. The van der Waals surface area contributed by atoms with Gasteiger partial charge in [-0.2, -0.15) is 16.8 Å². The van der Waals surface area contributed by atoms with Crippen LogP contribution in [0.5, 0.6) is 5.75 Å². The maximum atomic E-state index is 13.9. The van der Waals surface area contributed by atoms with Gasteiger partial charge in [-0.3, -0.25) is 28.8 Å². The Morgan fingerprint density at radius 1 is 0.825 bits per heavy atom. The highest BCUT2D eigenvalue weighted by Gasteiger charge is 2.34. The predicted molar refractivity (Wildman–Crippen MR) is 140 cm³/mol. The molecule has 0 radical (unpaired) electrons. The zero-order chi connectivity index (χ0) is 29.6. The molecule has 0 aliphatic heterocycles. The van der Waals surface area contributed by atoms with E-state index >= 15 is 0 Å². The molecule has 4 aromatic rings. The summed E-state index contributed by atoms with van der Waals surface area (Å²) in [6, 6.07) is 13.0. The second kappa shape index (κ2) is 10.0. The van der Waals surface area contributed by atoms with Crippen LogP contribution in [0.1, 0.15) is 20.7 Å². The van der Waals surface area contributed by atoms with Gasteiger partial charge in [-0.1, -0.05) is 24.3 Å². The number of para-hydroxylation sites is 1. The van der Waals surface area contributed by atoms with Crippen LogP contribution in [0, 0.1) is 10.1 Å². The highest BCUT2D eigenvalue weighted by molar-refractivity contribution is 7.86. The van der Waals surface area contributed by atoms with E-state index in [9.17, 15) is 50.8 Å². The smallest absolute Gasteiger partial charge is 0.304 e. The van der Waals surface area contributed by atoms with Crippen LogP contribution < -0.4 is 10.6 Å². The number of imide groups is 1. The summed E-state index contributed by atoms with van der Waals surface area (Å²) in [5, 5.41) is 21.6. The second-order valence-electron chi connectivity index (χ2n) is 8.25. The van der Waals surface area contributed by atoms with Crippen LogP contribution in [0.2, 0.25) is 0 Å². The van der Waals surface area contributed by atoms with E-state index in [1.807, 2.05) is 0 Å². The molecule has 0 heterocycles. The van der Waals surface area contributed by atoms with Gasteiger partial charge in [0.25, 0.3) is 32.1 Å². The number of phenols is 1. The van der Waals surface area contributed by atoms with Crippen molar-refractivity contribution in [1.29, 1.82) is 0 Å². The molecular formula is C24H17N3O11S2. The number of phenolic OH excluding ortho intramolecular Hbond substituents is 1. The summed E-state index contributed by atoms with van der Waals surface area (Å²) in [5.41, 5.74) is 2.88. The van der Waals surface area contributed by atoms with Crippen molar-refractivity contribution in [2.75, 3.05) is 10.6 Å². The molecule has 14 nitrogen and oxygen atoms in total. The van der Waals surface area contributed by atoms with Crippen molar-refractivity contribution in [3.8, 4) is 5.75 Å². The van der Waals surface area contributed by atoms with Crippen molar-refractivity contribution < 1.29 is 45.6 Å². The average Bonchev–Trinajstić information content (AvgIpc) is 2.87. The summed E-state index contributed by atoms with van der Waals surface area (Å²) >= 11 is 0. The SMILES string of the molecule is Nc1cccc(C(=O)N(C(=O)c2ccccc2)c2cc(S(=O)(=O)O)cc3cc(S(=O)(=O)O)cc(O)c23)c1[N+](=O)[O-]. The number of nitro benzene ring substituents is 1. The standard InChI is InChI=1S/C24H17N3O11S2/c25-18-8-4-7-17(22(18)27(31)32)24(30)26(23(29)13-5-2-1-3-6-13)19-11-15(39(33,34)35)9-14-10-16(40(36,37)38)12-20(28)21(14)19/h1-12,28H,25H2,(H,33,34,35)(H,36,37,38). The third kappa shape index (κ3) is 5.19. The molecule has 0 saturated heterocycles. The van der Waals surface area contributed by atoms with Crippen LogP contribution >= 0.6 is 0 Å². The highest BCUT2D eigenvalue weighted by atomic mass is 32.2. The minimum absolute atomic E-state index is 0.151. The number of benzene rings is 4. The number of anilines is 2. The third-order valence-corrected chi connectivity index (χ3v) is 7.36. The Balaban J connectivity index is 2.16. The van der Waals surface area contributed by atoms with E-state index in [4.69, 9.17) is 5.73 Å². The zero-order valence-electron chi connectivity index (χ0n) is 19.8. The summed E-state index contributed by atoms with van der Waals surface area (Å²) in [4.78, 5) is 36.9. The number of amides is 2. The molecule has 0 spiro atoms. The molecule has 0 aliphatic carbocycles. The van der Waals surface area contributed by atoms with Gasteiger partial charge in [-0.15, -0.1) is 0 Å². The quantitative estimate of drug-likeness (QED) is 0.0837. The summed E-state index contributed by atoms with van der Waals surface area (Å²) in [6.45, 7) is 0. The van der Waals surface area contributed by atoms with E-state index in [0.29, 0.717) is 17.0 Å². The van der Waals surface area contributed by atoms with Crippen molar-refractivity contribution in [3.63, 3.8) is 0 Å². The van der Waals surface area contributed by atoms with Gasteiger partial charge in [0.15, 0.2) is 0 Å². The van der Waals surface area contributed by atoms with Crippen LogP contribution in [0.15, 0.2) is 82.6 Å². The lowest BCUT2D eigenvalue weighted by molar-refractivity contribution is -0.384. The summed E-state index contributed by atoms with van der Waals surface area (Å²) in [7, 11) is -10.0. The molecule has 0 bridgehead atoms. The molecule has 0 saturated carbocycles. The Labute approximate surface area is 225 Å². The molecule has 2 amide bonds. The summed E-state index contributed by atoms with van der Waals surface area (Å²) < 4.78 is 66.9. The molecule has 40 heavy (non-hydrogen) atoms. The maximum absolute atomic E-state index is 13.9. The number of rotatable bonds is 6. The van der Waals surface area contributed by atoms with E-state index in [2.05, 4.69) is 0 Å². The van der Waals surface area contributed by atoms with Gasteiger partial charge < -0.3 is 10.8 Å². The average molecular weight is 588 g/mol. The van der Waals surface area contributed by atoms with Crippen molar-refractivity contribution in [3.05, 3.63) is 94.0 Å². The van der Waals surface area contributed by atoms with Gasteiger partial charge in [0, 0.05) is 17.0 Å². The molecule has 4 aromatic carbocycles. The van der Waals surface area contributed by atoms with E-state index in [1.54, 1.807) is 6.07 Å². The monoisotopic (exact) mass is 587 g/mol. The Bertz CT molecular complexity index is 1940. The molecule has 0 aromatic heterocycles. The number of carbonyl (C=O) groups excluding carboxylic acids is 2. The Hall–Kier alpha value is -4.90. The lowest BCUT2D eigenvalue weighted by atomic mass is 10.0. The number of hydrogen-bond donors (Lipinski definition) is 4. The first kappa shape index (κ1) is 28.1. The minimum atomic E-state index is -5.09. The predicted octanol–water partition coefficient (Wildman–Crippen LogP) is 3.02. The molecule has 0 unspecified atom stereocenters. The van der Waals surface area contributed by atoms with E-state index in [-0.39, 0.29) is 5.56 Å². The molecular weight excluding hydrogens is 570 g/mol. The number of nitrogen functional groups attached to an aromatic ring is 1.